The van der Waals surface area contributed by atoms with Gasteiger partial charge in [0, 0.05) is 32.4 Å². The van der Waals surface area contributed by atoms with Gasteiger partial charge in [-0.2, -0.15) is 0 Å². The van der Waals surface area contributed by atoms with Crippen LogP contribution in [0.2, 0.25) is 0 Å². The maximum absolute atomic E-state index is 4.72. The maximum Gasteiger partial charge on any atom is 0.191 e. The second-order valence-electron chi connectivity index (χ2n) is 7.59. The summed E-state index contributed by atoms with van der Waals surface area (Å²) in [7, 11) is 0. The summed E-state index contributed by atoms with van der Waals surface area (Å²) >= 11 is 0. The van der Waals surface area contributed by atoms with Crippen LogP contribution in [0.1, 0.15) is 42.0 Å². The molecule has 0 bridgehead atoms. The van der Waals surface area contributed by atoms with Crippen molar-refractivity contribution in [2.75, 3.05) is 31.1 Å². The third-order valence-corrected chi connectivity index (χ3v) is 4.99. The van der Waals surface area contributed by atoms with E-state index in [0.29, 0.717) is 6.54 Å². The first-order valence-electron chi connectivity index (χ1n) is 10.4. The van der Waals surface area contributed by atoms with Crippen LogP contribution in [-0.2, 0) is 13.0 Å². The van der Waals surface area contributed by atoms with Gasteiger partial charge in [0.2, 0.25) is 0 Å². The predicted molar refractivity (Wildman–Crippen MR) is 118 cm³/mol. The maximum atomic E-state index is 4.72. The van der Waals surface area contributed by atoms with Crippen LogP contribution in [0.15, 0.2) is 41.5 Å². The van der Waals surface area contributed by atoms with Gasteiger partial charge in [-0.15, -0.1) is 0 Å². The standard InChI is InChI=1S/C23H33N5/c1-4-24-23(25-10-9-20-14-18(2)13-19(3)15-20)27-17-21-7-8-22(26-16-21)28-11-5-6-12-28/h7-8,13-16H,4-6,9-12,17H2,1-3H3,(H2,24,25,27). The molecule has 0 saturated carbocycles. The Hall–Kier alpha value is -2.56. The number of nitrogens with one attached hydrogen (secondary N) is 2. The molecule has 1 saturated heterocycles. The number of benzene rings is 1. The summed E-state index contributed by atoms with van der Waals surface area (Å²) in [5.41, 5.74) is 5.14. The molecule has 0 radical (unpaired) electrons. The summed E-state index contributed by atoms with van der Waals surface area (Å²) in [6.07, 6.45) is 5.48. The van der Waals surface area contributed by atoms with E-state index in [2.05, 4.69) is 71.6 Å². The molecule has 2 heterocycles. The Balaban J connectivity index is 1.53. The summed E-state index contributed by atoms with van der Waals surface area (Å²) in [5.74, 6) is 1.94. The quantitative estimate of drug-likeness (QED) is 0.570. The Morgan fingerprint density at radius 3 is 2.43 bits per heavy atom. The first kappa shape index (κ1) is 20.2. The second-order valence-corrected chi connectivity index (χ2v) is 7.59. The van der Waals surface area contributed by atoms with Crippen molar-refractivity contribution in [3.8, 4) is 0 Å². The van der Waals surface area contributed by atoms with E-state index in [0.717, 1.165) is 49.9 Å². The molecule has 1 aromatic heterocycles. The minimum atomic E-state index is 0.631. The molecule has 0 spiro atoms. The molecule has 3 rings (SSSR count). The van der Waals surface area contributed by atoms with E-state index in [1.807, 2.05) is 6.20 Å². The van der Waals surface area contributed by atoms with E-state index in [1.165, 1.54) is 29.5 Å². The molecule has 0 amide bonds. The summed E-state index contributed by atoms with van der Waals surface area (Å²) < 4.78 is 0. The van der Waals surface area contributed by atoms with Crippen molar-refractivity contribution in [2.24, 2.45) is 4.99 Å². The Kier molecular flexibility index (Phi) is 7.29. The first-order chi connectivity index (χ1) is 13.6. The predicted octanol–water partition coefficient (Wildman–Crippen LogP) is 3.60. The van der Waals surface area contributed by atoms with Crippen LogP contribution < -0.4 is 15.5 Å². The van der Waals surface area contributed by atoms with Gasteiger partial charge in [0.25, 0.3) is 0 Å². The number of rotatable bonds is 7. The van der Waals surface area contributed by atoms with Gasteiger partial charge in [-0.05, 0) is 57.2 Å². The van der Waals surface area contributed by atoms with Crippen LogP contribution in [0.5, 0.6) is 0 Å². The molecule has 2 aromatic rings. The number of anilines is 1. The molecule has 150 valence electrons. The van der Waals surface area contributed by atoms with Crippen LogP contribution in [0.4, 0.5) is 5.82 Å². The SMILES string of the molecule is CCNC(=NCc1ccc(N2CCCC2)nc1)NCCc1cc(C)cc(C)c1. The van der Waals surface area contributed by atoms with E-state index >= 15 is 0 Å². The summed E-state index contributed by atoms with van der Waals surface area (Å²) in [5, 5.41) is 6.77. The fourth-order valence-electron chi connectivity index (χ4n) is 3.69. The molecule has 1 aliphatic heterocycles. The summed E-state index contributed by atoms with van der Waals surface area (Å²) in [6, 6.07) is 11.0. The Bertz CT molecular complexity index is 756. The zero-order valence-electron chi connectivity index (χ0n) is 17.5. The number of aryl methyl sites for hydroxylation is 2. The largest absolute Gasteiger partial charge is 0.357 e. The molecule has 5 heteroatoms. The number of aliphatic imine (C=N–C) groups is 1. The zero-order chi connectivity index (χ0) is 19.8. The molecule has 1 aliphatic rings. The molecule has 1 aromatic carbocycles. The van der Waals surface area contributed by atoms with Crippen LogP contribution in [0.3, 0.4) is 0 Å². The number of hydrogen-bond acceptors (Lipinski definition) is 3. The van der Waals surface area contributed by atoms with Gasteiger partial charge in [-0.1, -0.05) is 35.4 Å². The van der Waals surface area contributed by atoms with E-state index in [-0.39, 0.29) is 0 Å². The second kappa shape index (κ2) is 10.1. The van der Waals surface area contributed by atoms with Crippen molar-refractivity contribution in [1.82, 2.24) is 15.6 Å². The van der Waals surface area contributed by atoms with Crippen LogP contribution in [-0.4, -0.2) is 37.1 Å². The van der Waals surface area contributed by atoms with Gasteiger partial charge in [0.1, 0.15) is 5.82 Å². The van der Waals surface area contributed by atoms with Crippen molar-refractivity contribution in [1.29, 1.82) is 0 Å². The highest BCUT2D eigenvalue weighted by atomic mass is 15.2. The Labute approximate surface area is 169 Å². The van der Waals surface area contributed by atoms with Crippen LogP contribution in [0.25, 0.3) is 0 Å². The average Bonchev–Trinajstić information content (AvgIpc) is 3.20. The lowest BCUT2D eigenvalue weighted by atomic mass is 10.1. The molecule has 1 fully saturated rings. The van der Waals surface area contributed by atoms with Crippen molar-refractivity contribution in [2.45, 2.75) is 46.6 Å². The van der Waals surface area contributed by atoms with Crippen LogP contribution in [0, 0.1) is 13.8 Å². The molecule has 28 heavy (non-hydrogen) atoms. The normalized spacial score (nSPS) is 14.4. The molecule has 0 atom stereocenters. The smallest absolute Gasteiger partial charge is 0.191 e. The third-order valence-electron chi connectivity index (χ3n) is 4.99. The van der Waals surface area contributed by atoms with E-state index < -0.39 is 0 Å². The fraction of sp³-hybridized carbons (Fsp3) is 0.478. The van der Waals surface area contributed by atoms with E-state index in [9.17, 15) is 0 Å². The topological polar surface area (TPSA) is 52.6 Å². The van der Waals surface area contributed by atoms with Crippen molar-refractivity contribution >= 4 is 11.8 Å². The lowest BCUT2D eigenvalue weighted by Crippen LogP contribution is -2.38. The fourth-order valence-corrected chi connectivity index (χ4v) is 3.69. The van der Waals surface area contributed by atoms with Gasteiger partial charge in [-0.25, -0.2) is 9.98 Å². The Morgan fingerprint density at radius 2 is 1.79 bits per heavy atom. The minimum Gasteiger partial charge on any atom is -0.357 e. The number of guanidine groups is 1. The van der Waals surface area contributed by atoms with Gasteiger partial charge < -0.3 is 15.5 Å². The average molecular weight is 380 g/mol. The lowest BCUT2D eigenvalue weighted by Gasteiger charge is -2.16. The minimum absolute atomic E-state index is 0.631. The van der Waals surface area contributed by atoms with E-state index in [4.69, 9.17) is 4.99 Å². The van der Waals surface area contributed by atoms with E-state index in [1.54, 1.807) is 0 Å². The number of nitrogens with zero attached hydrogens (tertiary/aromatic N) is 3. The van der Waals surface area contributed by atoms with Gasteiger partial charge in [-0.3, -0.25) is 0 Å². The van der Waals surface area contributed by atoms with Gasteiger partial charge in [0.15, 0.2) is 5.96 Å². The molecule has 0 unspecified atom stereocenters. The van der Waals surface area contributed by atoms with Crippen molar-refractivity contribution in [3.05, 3.63) is 58.8 Å². The molecule has 0 aliphatic carbocycles. The number of pyridine rings is 1. The molecule has 2 N–H and O–H groups in total. The molecular weight excluding hydrogens is 346 g/mol. The zero-order valence-corrected chi connectivity index (χ0v) is 17.5. The lowest BCUT2D eigenvalue weighted by molar-refractivity contribution is 0.798. The monoisotopic (exact) mass is 379 g/mol. The molecule has 5 nitrogen and oxygen atoms in total. The van der Waals surface area contributed by atoms with Crippen molar-refractivity contribution in [3.63, 3.8) is 0 Å². The summed E-state index contributed by atoms with van der Waals surface area (Å²) in [4.78, 5) is 11.7. The van der Waals surface area contributed by atoms with Crippen molar-refractivity contribution < 1.29 is 0 Å². The number of aromatic nitrogens is 1. The summed E-state index contributed by atoms with van der Waals surface area (Å²) in [6.45, 7) is 11.0. The van der Waals surface area contributed by atoms with Gasteiger partial charge in [0.05, 0.1) is 6.54 Å². The third kappa shape index (κ3) is 5.98. The first-order valence-corrected chi connectivity index (χ1v) is 10.4. The highest BCUT2D eigenvalue weighted by Gasteiger charge is 2.12. The van der Waals surface area contributed by atoms with Crippen LogP contribution >= 0.6 is 0 Å². The Morgan fingerprint density at radius 1 is 1.04 bits per heavy atom. The number of hydrogen-bond donors (Lipinski definition) is 2. The molecular formula is C23H33N5. The van der Waals surface area contributed by atoms with Gasteiger partial charge >= 0.3 is 0 Å². The highest BCUT2D eigenvalue weighted by molar-refractivity contribution is 5.79. The highest BCUT2D eigenvalue weighted by Crippen LogP contribution is 2.17.